The summed E-state index contributed by atoms with van der Waals surface area (Å²) in [6.07, 6.45) is -0.0429. The Hall–Kier alpha value is -1.26. The minimum absolute atomic E-state index is 0.0214. The van der Waals surface area contributed by atoms with Crippen LogP contribution in [-0.4, -0.2) is 11.8 Å². The fraction of sp³-hybridized carbons (Fsp3) is 0.273. The average Bonchev–Trinajstić information content (AvgIpc) is 2.14. The minimum atomic E-state index is -0.535. The van der Waals surface area contributed by atoms with Crippen LogP contribution in [-0.2, 0) is 9.59 Å². The third kappa shape index (κ3) is 3.91. The summed E-state index contributed by atoms with van der Waals surface area (Å²) in [4.78, 5) is 21.9. The van der Waals surface area contributed by atoms with Crippen LogP contribution in [0, 0.1) is 0 Å². The maximum Gasteiger partial charge on any atom is 0.218 e. The Morgan fingerprint density at radius 1 is 1.06 bits per heavy atom. The average molecular weight is 275 g/mol. The number of hydrogen-bond acceptors (Lipinski definition) is 2. The lowest BCUT2D eigenvalue weighted by Gasteiger charge is -2.17. The second-order valence-corrected chi connectivity index (χ2v) is 4.49. The molecule has 0 bridgehead atoms. The van der Waals surface area contributed by atoms with E-state index in [1.807, 2.05) is 0 Å². The molecule has 4 nitrogen and oxygen atoms in total. The van der Waals surface area contributed by atoms with Crippen molar-refractivity contribution >= 4 is 35.0 Å². The molecule has 17 heavy (non-hydrogen) atoms. The zero-order valence-electron chi connectivity index (χ0n) is 8.95. The number of carbonyl (C=O) groups is 2. The van der Waals surface area contributed by atoms with Gasteiger partial charge in [0, 0.05) is 28.8 Å². The first-order valence-electron chi connectivity index (χ1n) is 4.92. The highest BCUT2D eigenvalue weighted by molar-refractivity contribution is 6.36. The predicted molar refractivity (Wildman–Crippen MR) is 66.8 cm³/mol. The van der Waals surface area contributed by atoms with Crippen LogP contribution in [0.15, 0.2) is 18.2 Å². The first kappa shape index (κ1) is 13.8. The van der Waals surface area contributed by atoms with Crippen molar-refractivity contribution in [3.8, 4) is 0 Å². The monoisotopic (exact) mass is 274 g/mol. The third-order valence-corrected chi connectivity index (χ3v) is 2.96. The molecule has 0 heterocycles. The number of nitrogens with two attached hydrogens (primary N) is 2. The highest BCUT2D eigenvalue weighted by atomic mass is 35.5. The van der Waals surface area contributed by atoms with Gasteiger partial charge in [-0.15, -0.1) is 0 Å². The van der Waals surface area contributed by atoms with Gasteiger partial charge in [0.1, 0.15) is 0 Å². The highest BCUT2D eigenvalue weighted by Gasteiger charge is 2.22. The topological polar surface area (TPSA) is 86.2 Å². The molecular formula is C11H12Cl2N2O2. The summed E-state index contributed by atoms with van der Waals surface area (Å²) in [7, 11) is 0. The van der Waals surface area contributed by atoms with Crippen LogP contribution in [0.4, 0.5) is 0 Å². The predicted octanol–water partition coefficient (Wildman–Crippen LogP) is 1.83. The lowest BCUT2D eigenvalue weighted by atomic mass is 9.92. The van der Waals surface area contributed by atoms with E-state index in [1.54, 1.807) is 18.2 Å². The Morgan fingerprint density at radius 3 is 1.82 bits per heavy atom. The van der Waals surface area contributed by atoms with Crippen molar-refractivity contribution in [1.82, 2.24) is 0 Å². The van der Waals surface area contributed by atoms with Crippen molar-refractivity contribution in [2.45, 2.75) is 18.8 Å². The number of benzene rings is 1. The molecule has 0 aromatic heterocycles. The quantitative estimate of drug-likeness (QED) is 0.858. The SMILES string of the molecule is NC(=O)CC(CC(N)=O)c1c(Cl)cccc1Cl. The van der Waals surface area contributed by atoms with Gasteiger partial charge in [0.2, 0.25) is 11.8 Å². The summed E-state index contributed by atoms with van der Waals surface area (Å²) >= 11 is 12.0. The van der Waals surface area contributed by atoms with Gasteiger partial charge in [0.15, 0.2) is 0 Å². The maximum atomic E-state index is 11.0. The van der Waals surface area contributed by atoms with Gasteiger partial charge in [-0.3, -0.25) is 9.59 Å². The van der Waals surface area contributed by atoms with Crippen molar-refractivity contribution in [1.29, 1.82) is 0 Å². The van der Waals surface area contributed by atoms with Crippen LogP contribution in [0.2, 0.25) is 10.0 Å². The van der Waals surface area contributed by atoms with Gasteiger partial charge in [-0.1, -0.05) is 29.3 Å². The molecule has 0 fully saturated rings. The maximum absolute atomic E-state index is 11.0. The molecule has 0 saturated carbocycles. The Bertz CT molecular complexity index is 413. The van der Waals surface area contributed by atoms with Crippen LogP contribution in [0.3, 0.4) is 0 Å². The summed E-state index contributed by atoms with van der Waals surface area (Å²) in [6, 6.07) is 4.95. The van der Waals surface area contributed by atoms with Crippen molar-refractivity contribution < 1.29 is 9.59 Å². The zero-order chi connectivity index (χ0) is 13.0. The second kappa shape index (κ2) is 5.89. The van der Waals surface area contributed by atoms with Gasteiger partial charge in [0.05, 0.1) is 0 Å². The van der Waals surface area contributed by atoms with Crippen molar-refractivity contribution in [2.24, 2.45) is 11.5 Å². The molecule has 2 amide bonds. The summed E-state index contributed by atoms with van der Waals surface area (Å²) in [5, 5.41) is 0.787. The molecule has 0 spiro atoms. The third-order valence-electron chi connectivity index (χ3n) is 2.30. The normalized spacial score (nSPS) is 10.5. The lowest BCUT2D eigenvalue weighted by Crippen LogP contribution is -2.21. The Labute approximate surface area is 109 Å². The molecule has 0 aliphatic carbocycles. The van der Waals surface area contributed by atoms with Gasteiger partial charge >= 0.3 is 0 Å². The van der Waals surface area contributed by atoms with E-state index in [0.29, 0.717) is 15.6 Å². The number of halogens is 2. The highest BCUT2D eigenvalue weighted by Crippen LogP contribution is 2.35. The lowest BCUT2D eigenvalue weighted by molar-refractivity contribution is -0.119. The first-order chi connectivity index (χ1) is 7.91. The van der Waals surface area contributed by atoms with Crippen LogP contribution in [0.5, 0.6) is 0 Å². The molecule has 1 aromatic carbocycles. The molecule has 0 unspecified atom stereocenters. The number of hydrogen-bond donors (Lipinski definition) is 2. The smallest absolute Gasteiger partial charge is 0.218 e. The fourth-order valence-corrected chi connectivity index (χ4v) is 2.37. The molecule has 4 N–H and O–H groups in total. The van der Waals surface area contributed by atoms with Gasteiger partial charge in [-0.2, -0.15) is 0 Å². The van der Waals surface area contributed by atoms with E-state index in [-0.39, 0.29) is 12.8 Å². The molecule has 0 aliphatic heterocycles. The first-order valence-corrected chi connectivity index (χ1v) is 5.68. The molecule has 1 aromatic rings. The van der Waals surface area contributed by atoms with E-state index in [9.17, 15) is 9.59 Å². The summed E-state index contributed by atoms with van der Waals surface area (Å²) in [6.45, 7) is 0. The summed E-state index contributed by atoms with van der Waals surface area (Å²) < 4.78 is 0. The van der Waals surface area contributed by atoms with Crippen LogP contribution in [0.25, 0.3) is 0 Å². The van der Waals surface area contributed by atoms with Gasteiger partial charge < -0.3 is 11.5 Å². The van der Waals surface area contributed by atoms with E-state index in [4.69, 9.17) is 34.7 Å². The van der Waals surface area contributed by atoms with Gasteiger partial charge in [-0.05, 0) is 17.7 Å². The molecule has 0 atom stereocenters. The molecule has 92 valence electrons. The van der Waals surface area contributed by atoms with Gasteiger partial charge in [0.25, 0.3) is 0 Å². The Morgan fingerprint density at radius 2 is 1.47 bits per heavy atom. The second-order valence-electron chi connectivity index (χ2n) is 3.67. The largest absolute Gasteiger partial charge is 0.370 e. The number of carbonyl (C=O) groups excluding carboxylic acids is 2. The van der Waals surface area contributed by atoms with E-state index >= 15 is 0 Å². The number of amides is 2. The van der Waals surface area contributed by atoms with E-state index in [1.165, 1.54) is 0 Å². The summed E-state index contributed by atoms with van der Waals surface area (Å²) in [5.74, 6) is -1.55. The molecule has 0 saturated heterocycles. The fourth-order valence-electron chi connectivity index (χ4n) is 1.66. The zero-order valence-corrected chi connectivity index (χ0v) is 10.5. The number of rotatable bonds is 5. The standard InChI is InChI=1S/C11H12Cl2N2O2/c12-7-2-1-3-8(13)11(7)6(4-9(14)16)5-10(15)17/h1-3,6H,4-5H2,(H2,14,16)(H2,15,17). The summed E-state index contributed by atoms with van der Waals surface area (Å²) in [5.41, 5.74) is 10.8. The Balaban J connectivity index is 3.11. The van der Waals surface area contributed by atoms with E-state index < -0.39 is 17.7 Å². The van der Waals surface area contributed by atoms with Crippen LogP contribution in [0.1, 0.15) is 24.3 Å². The van der Waals surface area contributed by atoms with E-state index in [2.05, 4.69) is 0 Å². The van der Waals surface area contributed by atoms with Crippen LogP contribution < -0.4 is 11.5 Å². The van der Waals surface area contributed by atoms with Crippen molar-refractivity contribution in [2.75, 3.05) is 0 Å². The molecular weight excluding hydrogens is 263 g/mol. The van der Waals surface area contributed by atoms with Gasteiger partial charge in [-0.25, -0.2) is 0 Å². The van der Waals surface area contributed by atoms with Crippen LogP contribution >= 0.6 is 23.2 Å². The van der Waals surface area contributed by atoms with Crippen molar-refractivity contribution in [3.63, 3.8) is 0 Å². The molecule has 6 heteroatoms. The van der Waals surface area contributed by atoms with Crippen molar-refractivity contribution in [3.05, 3.63) is 33.8 Å². The molecule has 1 rings (SSSR count). The molecule has 0 aliphatic rings. The number of primary amides is 2. The molecule has 0 radical (unpaired) electrons. The van der Waals surface area contributed by atoms with E-state index in [0.717, 1.165) is 0 Å². The Kier molecular flexibility index (Phi) is 4.78. The minimum Gasteiger partial charge on any atom is -0.370 e.